The highest BCUT2D eigenvalue weighted by atomic mass is 32.2. The molecule has 0 saturated carbocycles. The van der Waals surface area contributed by atoms with Gasteiger partial charge in [-0.1, -0.05) is 25.6 Å². The van der Waals surface area contributed by atoms with Crippen LogP contribution >= 0.6 is 11.8 Å². The van der Waals surface area contributed by atoms with Crippen molar-refractivity contribution in [1.29, 1.82) is 0 Å². The number of carbonyl (C=O) groups excluding carboxylic acids is 1. The van der Waals surface area contributed by atoms with Crippen LogP contribution in [0.2, 0.25) is 0 Å². The standard InChI is InChI=1S/C23H27N3O5S2/c1-15-10-16(2)13-26(12-15)22(27)14-32-23-24-20-11-19(8-9-21(20)31-23)33(28,29)25-17-4-6-18(30-3)7-5-17/h4-9,11,15-16,25H,10,12-14H2,1-3H3. The van der Waals surface area contributed by atoms with Gasteiger partial charge in [0.1, 0.15) is 11.3 Å². The van der Waals surface area contributed by atoms with Gasteiger partial charge in [-0.25, -0.2) is 13.4 Å². The van der Waals surface area contributed by atoms with Crippen LogP contribution in [0.4, 0.5) is 5.69 Å². The lowest BCUT2D eigenvalue weighted by Gasteiger charge is -2.34. The zero-order chi connectivity index (χ0) is 23.6. The number of hydrogen-bond donors (Lipinski definition) is 1. The zero-order valence-electron chi connectivity index (χ0n) is 18.8. The highest BCUT2D eigenvalue weighted by molar-refractivity contribution is 7.99. The van der Waals surface area contributed by atoms with E-state index >= 15 is 0 Å². The number of aromatic nitrogens is 1. The second-order valence-electron chi connectivity index (χ2n) is 8.48. The second-order valence-corrected chi connectivity index (χ2v) is 11.1. The number of oxazole rings is 1. The van der Waals surface area contributed by atoms with Crippen LogP contribution in [0, 0.1) is 11.8 Å². The molecule has 3 aromatic rings. The number of anilines is 1. The van der Waals surface area contributed by atoms with Gasteiger partial charge in [0.15, 0.2) is 5.58 Å². The first-order chi connectivity index (χ1) is 15.7. The maximum absolute atomic E-state index is 12.8. The number of carbonyl (C=O) groups is 1. The first-order valence-corrected chi connectivity index (χ1v) is 13.2. The lowest BCUT2D eigenvalue weighted by molar-refractivity contribution is -0.130. The maximum Gasteiger partial charge on any atom is 0.261 e. The van der Waals surface area contributed by atoms with Crippen LogP contribution in [0.1, 0.15) is 20.3 Å². The summed E-state index contributed by atoms with van der Waals surface area (Å²) in [5.41, 5.74) is 1.31. The fourth-order valence-electron chi connectivity index (χ4n) is 4.07. The first-order valence-electron chi connectivity index (χ1n) is 10.7. The number of ether oxygens (including phenoxy) is 1. The number of methoxy groups -OCH3 is 1. The molecule has 1 aliphatic heterocycles. The van der Waals surface area contributed by atoms with E-state index in [4.69, 9.17) is 9.15 Å². The Morgan fingerprint density at radius 2 is 1.88 bits per heavy atom. The molecule has 1 aliphatic rings. The Morgan fingerprint density at radius 1 is 1.18 bits per heavy atom. The van der Waals surface area contributed by atoms with Gasteiger partial charge in [-0.05, 0) is 60.7 Å². The van der Waals surface area contributed by atoms with Crippen LogP contribution in [-0.4, -0.2) is 50.2 Å². The van der Waals surface area contributed by atoms with Crippen molar-refractivity contribution in [2.45, 2.75) is 30.4 Å². The molecule has 2 aromatic carbocycles. The Balaban J connectivity index is 1.43. The minimum Gasteiger partial charge on any atom is -0.497 e. The molecule has 8 nitrogen and oxygen atoms in total. The fraction of sp³-hybridized carbons (Fsp3) is 0.391. The number of sulfonamides is 1. The van der Waals surface area contributed by atoms with Gasteiger partial charge in [0.25, 0.3) is 15.2 Å². The number of likely N-dealkylation sites (tertiary alicyclic amines) is 1. The molecule has 1 N–H and O–H groups in total. The lowest BCUT2D eigenvalue weighted by Crippen LogP contribution is -2.43. The highest BCUT2D eigenvalue weighted by Gasteiger charge is 2.25. The van der Waals surface area contributed by atoms with E-state index in [2.05, 4.69) is 23.6 Å². The molecule has 1 aromatic heterocycles. The molecule has 0 aliphatic carbocycles. The Hall–Kier alpha value is -2.72. The summed E-state index contributed by atoms with van der Waals surface area (Å²) >= 11 is 1.22. The SMILES string of the molecule is COc1ccc(NS(=O)(=O)c2ccc3oc(SCC(=O)N4CC(C)CC(C)C4)nc3c2)cc1. The molecule has 1 amide bonds. The summed E-state index contributed by atoms with van der Waals surface area (Å²) in [5, 5.41) is 0.342. The van der Waals surface area contributed by atoms with Crippen molar-refractivity contribution in [2.75, 3.05) is 30.7 Å². The number of amides is 1. The second kappa shape index (κ2) is 9.64. The average molecular weight is 490 g/mol. The zero-order valence-corrected chi connectivity index (χ0v) is 20.4. The monoisotopic (exact) mass is 489 g/mol. The van der Waals surface area contributed by atoms with Crippen LogP contribution in [0.25, 0.3) is 11.1 Å². The summed E-state index contributed by atoms with van der Waals surface area (Å²) in [5.74, 6) is 1.93. The molecule has 10 heteroatoms. The largest absolute Gasteiger partial charge is 0.497 e. The topological polar surface area (TPSA) is 102 Å². The van der Waals surface area contributed by atoms with E-state index in [0.29, 0.717) is 39.6 Å². The van der Waals surface area contributed by atoms with Crippen molar-refractivity contribution in [3.8, 4) is 5.75 Å². The molecule has 0 bridgehead atoms. The van der Waals surface area contributed by atoms with E-state index in [1.807, 2.05) is 4.90 Å². The molecule has 1 saturated heterocycles. The molecule has 2 unspecified atom stereocenters. The number of thioether (sulfide) groups is 1. The molecule has 0 spiro atoms. The maximum atomic E-state index is 12.8. The van der Waals surface area contributed by atoms with Gasteiger partial charge >= 0.3 is 0 Å². The van der Waals surface area contributed by atoms with Crippen LogP contribution < -0.4 is 9.46 Å². The van der Waals surface area contributed by atoms with Gasteiger partial charge in [-0.15, -0.1) is 0 Å². The summed E-state index contributed by atoms with van der Waals surface area (Å²) in [4.78, 5) is 19.0. The van der Waals surface area contributed by atoms with Crippen LogP contribution in [0.15, 0.2) is 57.0 Å². The summed E-state index contributed by atoms with van der Waals surface area (Å²) in [6.07, 6.45) is 1.14. The lowest BCUT2D eigenvalue weighted by atomic mass is 9.92. The first kappa shape index (κ1) is 23.4. The Bertz CT molecular complexity index is 1230. The van der Waals surface area contributed by atoms with Crippen LogP contribution in [0.5, 0.6) is 5.75 Å². The molecule has 1 fully saturated rings. The number of hydrogen-bond acceptors (Lipinski definition) is 7. The molecule has 2 atom stereocenters. The molecule has 2 heterocycles. The number of nitrogens with one attached hydrogen (secondary N) is 1. The minimum absolute atomic E-state index is 0.0626. The number of fused-ring (bicyclic) bond motifs is 1. The van der Waals surface area contributed by atoms with E-state index in [1.165, 1.54) is 23.9 Å². The number of nitrogens with zero attached hydrogens (tertiary/aromatic N) is 2. The molecule has 4 rings (SSSR count). The van der Waals surface area contributed by atoms with Gasteiger partial charge < -0.3 is 14.1 Å². The number of rotatable bonds is 7. The molecule has 33 heavy (non-hydrogen) atoms. The van der Waals surface area contributed by atoms with E-state index in [1.54, 1.807) is 37.4 Å². The summed E-state index contributed by atoms with van der Waals surface area (Å²) in [7, 11) is -2.26. The van der Waals surface area contributed by atoms with Crippen molar-refractivity contribution in [3.63, 3.8) is 0 Å². The van der Waals surface area contributed by atoms with Gasteiger partial charge in [0.2, 0.25) is 5.91 Å². The van der Waals surface area contributed by atoms with E-state index < -0.39 is 10.0 Å². The minimum atomic E-state index is -3.81. The van der Waals surface area contributed by atoms with Crippen molar-refractivity contribution in [2.24, 2.45) is 11.8 Å². The fourth-order valence-corrected chi connectivity index (χ4v) is 5.89. The Kier molecular flexibility index (Phi) is 6.85. The molecular weight excluding hydrogens is 462 g/mol. The average Bonchev–Trinajstić information content (AvgIpc) is 3.19. The van der Waals surface area contributed by atoms with E-state index in [9.17, 15) is 13.2 Å². The third-order valence-corrected chi connectivity index (χ3v) is 7.72. The van der Waals surface area contributed by atoms with Crippen LogP contribution in [0.3, 0.4) is 0 Å². The van der Waals surface area contributed by atoms with Crippen molar-refractivity contribution in [1.82, 2.24) is 9.88 Å². The van der Waals surface area contributed by atoms with Crippen molar-refractivity contribution in [3.05, 3.63) is 42.5 Å². The van der Waals surface area contributed by atoms with Gasteiger partial charge in [-0.3, -0.25) is 9.52 Å². The molecule has 0 radical (unpaired) electrons. The Morgan fingerprint density at radius 3 is 2.55 bits per heavy atom. The summed E-state index contributed by atoms with van der Waals surface area (Å²) in [6.45, 7) is 5.89. The smallest absolute Gasteiger partial charge is 0.261 e. The van der Waals surface area contributed by atoms with Gasteiger partial charge in [0.05, 0.1) is 17.8 Å². The summed E-state index contributed by atoms with van der Waals surface area (Å²) < 4.78 is 38.9. The van der Waals surface area contributed by atoms with Crippen molar-refractivity contribution < 1.29 is 22.4 Å². The highest BCUT2D eigenvalue weighted by Crippen LogP contribution is 2.28. The third kappa shape index (κ3) is 5.62. The predicted octanol–water partition coefficient (Wildman–Crippen LogP) is 4.23. The molecule has 176 valence electrons. The van der Waals surface area contributed by atoms with Crippen LogP contribution in [-0.2, 0) is 14.8 Å². The van der Waals surface area contributed by atoms with Gasteiger partial charge in [-0.2, -0.15) is 0 Å². The van der Waals surface area contributed by atoms with E-state index in [-0.39, 0.29) is 16.6 Å². The number of piperidine rings is 1. The summed E-state index contributed by atoms with van der Waals surface area (Å²) in [6, 6.07) is 11.1. The predicted molar refractivity (Wildman–Crippen MR) is 128 cm³/mol. The quantitative estimate of drug-likeness (QED) is 0.496. The normalized spacial score (nSPS) is 18.9. The molecular formula is C23H27N3O5S2. The number of benzene rings is 2. The van der Waals surface area contributed by atoms with Crippen molar-refractivity contribution >= 4 is 44.5 Å². The Labute approximate surface area is 197 Å². The van der Waals surface area contributed by atoms with E-state index in [0.717, 1.165) is 19.5 Å². The third-order valence-electron chi connectivity index (χ3n) is 5.53. The van der Waals surface area contributed by atoms with Gasteiger partial charge in [0, 0.05) is 18.8 Å².